The summed E-state index contributed by atoms with van der Waals surface area (Å²) in [7, 11) is 0. The number of nitrogens with one attached hydrogen (secondary N) is 4. The zero-order chi connectivity index (χ0) is 92.8. The van der Waals surface area contributed by atoms with Crippen LogP contribution in [-0.4, -0.2) is 83.9 Å². The first-order valence-corrected chi connectivity index (χ1v) is 41.0. The van der Waals surface area contributed by atoms with Crippen LogP contribution in [0.4, 0.5) is 76.8 Å². The van der Waals surface area contributed by atoms with E-state index in [0.717, 1.165) is 38.0 Å². The highest BCUT2D eigenvalue weighted by molar-refractivity contribution is 14.1. The Labute approximate surface area is 758 Å². The fourth-order valence-corrected chi connectivity index (χ4v) is 13.4. The number of amides is 4. The van der Waals surface area contributed by atoms with E-state index in [1.165, 1.54) is 18.5 Å². The van der Waals surface area contributed by atoms with Crippen molar-refractivity contribution in [3.63, 3.8) is 0 Å². The summed E-state index contributed by atoms with van der Waals surface area (Å²) in [5.74, 6) is -14.9. The molecule has 4 heterocycles. The second-order valence-corrected chi connectivity index (χ2v) is 30.4. The van der Waals surface area contributed by atoms with Gasteiger partial charge in [0.15, 0.2) is 58.2 Å². The number of aromatic nitrogens is 8. The molecule has 16 aromatic rings. The third-order valence-electron chi connectivity index (χ3n) is 19.8. The molecule has 4 atom stereocenters. The summed E-state index contributed by atoms with van der Waals surface area (Å²) in [5, 5.41) is 54.4. The Hall–Kier alpha value is -15.9. The molecule has 0 saturated carbocycles. The minimum Gasteiger partial charge on any atom is -0.399 e. The van der Waals surface area contributed by atoms with Crippen molar-refractivity contribution in [3.8, 4) is 45.0 Å². The van der Waals surface area contributed by atoms with Gasteiger partial charge in [-0.3, -0.25) is 19.2 Å². The number of nitrogen functional groups attached to an aromatic ring is 4. The van der Waals surface area contributed by atoms with Gasteiger partial charge in [-0.15, -0.1) is 0 Å². The molecule has 0 saturated heterocycles. The second-order valence-electron chi connectivity index (χ2n) is 29.1. The predicted molar refractivity (Wildman–Crippen MR) is 493 cm³/mol. The van der Waals surface area contributed by atoms with Gasteiger partial charge in [0, 0.05) is 59.7 Å². The number of hydrogen-bond donors (Lipinski definition) is 12. The van der Waals surface area contributed by atoms with Crippen LogP contribution in [0.1, 0.15) is 96.5 Å². The monoisotopic (exact) mass is 1880 g/mol. The molecule has 0 bridgehead atoms. The van der Waals surface area contributed by atoms with E-state index in [2.05, 4.69) is 83.7 Å². The van der Waals surface area contributed by atoms with Crippen molar-refractivity contribution in [2.75, 3.05) is 44.2 Å². The molecule has 0 spiro atoms. The standard InChI is InChI=1S/C25H17F5N4O2.C25H20F2N4O2.C25H21IN4O2.C24H20N4O2/c26-18-15(19(27)21(29)22(30)20(18)28)10-17(35)34-25-23(24(36)13-4-2-1-3-5-13)33-16(11-32-25)12-6-8-14(31)9-7-12;26-19-11-6-15(12-20(19)27)13-22(32)31-25-23(24(33)17-4-2-1-3-5-17)30-21(14-29-25)16-7-9-18(28)10-8-16;26-19-10-6-16(7-11-19)14-22(31)30-25-23(24(32)18-4-2-1-3-5-18)29-21(15-28-25)17-8-12-20(27)13-9-17;25-19-13-11-16(12-14-19)20-15-26-23(28-24(30)18-9-5-2-6-10-18)21(27-20)22(29)17-7-3-1-4-8-17/h1-9,11,24,36H,10,31H2,(H,32,34,35);1-12,14,24,33H,13,28H2,(H,29,31,32);1-13,15,24,32H,14,27H2,(H,28,30,31);1-15,22,29H,25H2,(H,26,28,30). The molecule has 0 aliphatic carbocycles. The van der Waals surface area contributed by atoms with E-state index in [0.29, 0.717) is 84.5 Å². The zero-order valence-corrected chi connectivity index (χ0v) is 70.9. The van der Waals surface area contributed by atoms with E-state index in [1.807, 2.05) is 97.1 Å². The molecular weight excluding hydrogens is 1800 g/mol. The number of rotatable bonds is 23. The molecule has 0 fully saturated rings. The van der Waals surface area contributed by atoms with Gasteiger partial charge in [0.25, 0.3) is 5.91 Å². The SMILES string of the molecule is Nc1ccc(-c2cnc(NC(=O)Cc3c(F)c(F)c(F)c(F)c3F)c(C(O)c3ccccc3)n2)cc1.Nc1ccc(-c2cnc(NC(=O)Cc3ccc(F)c(F)c3)c(C(O)c3ccccc3)n2)cc1.Nc1ccc(-c2cnc(NC(=O)Cc3ccc(I)cc3)c(C(O)c3ccccc3)n2)cc1.Nc1ccc(-c2cnc(NC(=O)c3ccccc3)c(C(O)c3ccccc3)n2)cc1. The van der Waals surface area contributed by atoms with E-state index in [-0.39, 0.29) is 70.7 Å². The van der Waals surface area contributed by atoms with Crippen molar-refractivity contribution in [3.05, 3.63) is 428 Å². The lowest BCUT2D eigenvalue weighted by Gasteiger charge is -2.16. The maximum atomic E-state index is 14.0. The number of aliphatic hydroxyl groups excluding tert-OH is 4. The first-order valence-electron chi connectivity index (χ1n) is 40.0. The summed E-state index contributed by atoms with van der Waals surface area (Å²) in [6, 6.07) is 83.2. The largest absolute Gasteiger partial charge is 0.399 e. The minimum absolute atomic E-state index is 0.0677. The van der Waals surface area contributed by atoms with Gasteiger partial charge in [-0.25, -0.2) is 70.6 Å². The molecule has 0 aliphatic heterocycles. The van der Waals surface area contributed by atoms with Crippen molar-refractivity contribution < 1.29 is 70.3 Å². The van der Waals surface area contributed by atoms with Crippen LogP contribution in [0.15, 0.2) is 316 Å². The number of anilines is 8. The summed E-state index contributed by atoms with van der Waals surface area (Å²) in [6.45, 7) is 0. The lowest BCUT2D eigenvalue weighted by molar-refractivity contribution is -0.116. The summed E-state index contributed by atoms with van der Waals surface area (Å²) in [6.07, 6.45) is 0.0425. The average molecular weight is 1880 g/mol. The van der Waals surface area contributed by atoms with Crippen molar-refractivity contribution in [1.82, 2.24) is 39.9 Å². The van der Waals surface area contributed by atoms with Gasteiger partial charge in [-0.1, -0.05) is 206 Å². The highest BCUT2D eigenvalue weighted by Gasteiger charge is 2.30. The number of carbonyl (C=O) groups excluding carboxylic acids is 4. The molecule has 24 nitrogen and oxygen atoms in total. The topological polar surface area (TPSA) is 405 Å². The Morgan fingerprint density at radius 3 is 0.878 bits per heavy atom. The smallest absolute Gasteiger partial charge is 0.256 e. The van der Waals surface area contributed by atoms with Crippen LogP contribution in [0.3, 0.4) is 0 Å². The third-order valence-corrected chi connectivity index (χ3v) is 20.5. The summed E-state index contributed by atoms with van der Waals surface area (Å²) in [5.41, 5.74) is 33.5. The maximum absolute atomic E-state index is 14.0. The molecule has 16 N–H and O–H groups in total. The number of halogens is 8. The molecule has 0 radical (unpaired) electrons. The van der Waals surface area contributed by atoms with Crippen LogP contribution in [-0.2, 0) is 33.6 Å². The highest BCUT2D eigenvalue weighted by atomic mass is 127. The van der Waals surface area contributed by atoms with E-state index in [1.54, 1.807) is 188 Å². The Bertz CT molecular complexity index is 6670. The fraction of sp³-hybridized carbons (Fsp3) is 0.0707. The van der Waals surface area contributed by atoms with Crippen LogP contribution >= 0.6 is 22.6 Å². The van der Waals surface area contributed by atoms with Gasteiger partial charge >= 0.3 is 0 Å². The lowest BCUT2D eigenvalue weighted by Crippen LogP contribution is -2.21. The Morgan fingerprint density at radius 1 is 0.305 bits per heavy atom. The third kappa shape index (κ3) is 24.3. The molecule has 16 rings (SSSR count). The highest BCUT2D eigenvalue weighted by Crippen LogP contribution is 2.36. The van der Waals surface area contributed by atoms with E-state index < -0.39 is 88.9 Å². The summed E-state index contributed by atoms with van der Waals surface area (Å²) in [4.78, 5) is 86.0. The van der Waals surface area contributed by atoms with Gasteiger partial charge in [-0.05, 0) is 141 Å². The average Bonchev–Trinajstić information content (AvgIpc) is 0.877. The van der Waals surface area contributed by atoms with Crippen LogP contribution in [0.5, 0.6) is 0 Å². The number of aliphatic hydroxyl groups is 4. The lowest BCUT2D eigenvalue weighted by atomic mass is 10.1. The van der Waals surface area contributed by atoms with Crippen LogP contribution < -0.4 is 44.2 Å². The Morgan fingerprint density at radius 2 is 0.573 bits per heavy atom. The van der Waals surface area contributed by atoms with Crippen molar-refractivity contribution in [2.24, 2.45) is 0 Å². The molecule has 4 amide bonds. The maximum Gasteiger partial charge on any atom is 0.256 e. The van der Waals surface area contributed by atoms with E-state index in [9.17, 15) is 70.3 Å². The van der Waals surface area contributed by atoms with E-state index >= 15 is 0 Å². The second kappa shape index (κ2) is 43.5. The number of hydrogen-bond acceptors (Lipinski definition) is 20. The Balaban J connectivity index is 0.000000149. The van der Waals surface area contributed by atoms with Crippen LogP contribution in [0.2, 0.25) is 0 Å². The molecule has 32 heteroatoms. The van der Waals surface area contributed by atoms with Gasteiger partial charge in [0.1, 0.15) is 47.2 Å². The molecular formula is C99H78F7IN16O8. The van der Waals surface area contributed by atoms with Crippen LogP contribution in [0.25, 0.3) is 45.0 Å². The molecule has 0 aliphatic rings. The summed E-state index contributed by atoms with van der Waals surface area (Å²) >= 11 is 2.22. The molecule has 12 aromatic carbocycles. The number of benzene rings is 12. The minimum atomic E-state index is -2.33. The first-order chi connectivity index (χ1) is 63.2. The number of nitrogens with zero attached hydrogens (tertiary/aromatic N) is 8. The van der Waals surface area contributed by atoms with Crippen molar-refractivity contribution >= 4 is 92.2 Å². The normalized spacial score (nSPS) is 11.7. The quantitative estimate of drug-likeness (QED) is 0.00930. The molecule has 658 valence electrons. The number of carbonyl (C=O) groups is 4. The van der Waals surface area contributed by atoms with Crippen molar-refractivity contribution in [1.29, 1.82) is 0 Å². The summed E-state index contributed by atoms with van der Waals surface area (Å²) < 4.78 is 96.1. The van der Waals surface area contributed by atoms with Gasteiger partial charge in [0.05, 0.1) is 66.8 Å². The van der Waals surface area contributed by atoms with Gasteiger partial charge in [-0.2, -0.15) is 0 Å². The Kier molecular flexibility index (Phi) is 30.8. The van der Waals surface area contributed by atoms with Gasteiger partial charge in [0.2, 0.25) is 23.5 Å². The predicted octanol–water partition coefficient (Wildman–Crippen LogP) is 17.6. The van der Waals surface area contributed by atoms with Crippen LogP contribution in [0, 0.1) is 44.3 Å². The van der Waals surface area contributed by atoms with E-state index in [4.69, 9.17) is 22.9 Å². The first kappa shape index (κ1) is 92.8. The zero-order valence-electron chi connectivity index (χ0n) is 68.8. The molecule has 131 heavy (non-hydrogen) atoms. The molecule has 4 unspecified atom stereocenters. The van der Waals surface area contributed by atoms with Crippen molar-refractivity contribution in [2.45, 2.75) is 43.7 Å². The fourth-order valence-electron chi connectivity index (χ4n) is 13.0. The molecule has 4 aromatic heterocycles. The van der Waals surface area contributed by atoms with Gasteiger partial charge < -0.3 is 64.6 Å². The number of nitrogens with two attached hydrogens (primary N) is 4.